The Kier molecular flexibility index (Phi) is 6.50. The molecule has 0 saturated heterocycles. The summed E-state index contributed by atoms with van der Waals surface area (Å²) in [6, 6.07) is 16.6. The number of pyridine rings is 1. The van der Waals surface area contributed by atoms with Crippen LogP contribution >= 0.6 is 0 Å². The molecule has 1 N–H and O–H groups in total. The molecule has 3 aromatic carbocycles. The Hall–Kier alpha value is -4.66. The van der Waals surface area contributed by atoms with Gasteiger partial charge in [-0.3, -0.25) is 0 Å². The highest BCUT2D eigenvalue weighted by molar-refractivity contribution is 5.92. The number of ether oxygens (including phenoxy) is 1. The van der Waals surface area contributed by atoms with Crippen LogP contribution in [0.25, 0.3) is 22.3 Å². The van der Waals surface area contributed by atoms with Gasteiger partial charge in [0, 0.05) is 29.7 Å². The highest BCUT2D eigenvalue weighted by atomic mass is 19.1. The number of imidazole rings is 1. The first-order valence-corrected chi connectivity index (χ1v) is 12.8. The van der Waals surface area contributed by atoms with Gasteiger partial charge in [0.25, 0.3) is 0 Å². The third-order valence-electron chi connectivity index (χ3n) is 6.99. The Labute approximate surface area is 227 Å². The van der Waals surface area contributed by atoms with Crippen molar-refractivity contribution in [2.75, 3.05) is 0 Å². The van der Waals surface area contributed by atoms with Gasteiger partial charge in [-0.15, -0.1) is 0 Å². The highest BCUT2D eigenvalue weighted by Crippen LogP contribution is 2.39. The first kappa shape index (κ1) is 25.6. The summed E-state index contributed by atoms with van der Waals surface area (Å²) in [5.41, 5.74) is 2.84. The van der Waals surface area contributed by atoms with Gasteiger partial charge in [-0.1, -0.05) is 18.2 Å². The molecule has 2 aromatic heterocycles. The van der Waals surface area contributed by atoms with Crippen molar-refractivity contribution in [2.24, 2.45) is 0 Å². The van der Waals surface area contributed by atoms with Crippen LogP contribution in [-0.4, -0.2) is 25.6 Å². The Morgan fingerprint density at radius 3 is 2.50 bits per heavy atom. The van der Waals surface area contributed by atoms with Crippen LogP contribution in [-0.2, 0) is 13.0 Å². The number of aromatic nitrogens is 3. The van der Waals surface area contributed by atoms with E-state index in [1.165, 1.54) is 12.1 Å². The number of halogens is 3. The molecule has 40 heavy (non-hydrogen) atoms. The third-order valence-corrected chi connectivity index (χ3v) is 6.99. The molecule has 1 fully saturated rings. The second-order valence-electron chi connectivity index (χ2n) is 9.98. The maximum Gasteiger partial charge on any atom is 0.335 e. The van der Waals surface area contributed by atoms with Crippen LogP contribution in [0.5, 0.6) is 5.88 Å². The number of carboxylic acid groups (broad SMARTS) is 1. The number of aromatic carboxylic acids is 1. The van der Waals surface area contributed by atoms with Crippen LogP contribution in [0.2, 0.25) is 0 Å². The van der Waals surface area contributed by atoms with E-state index in [0.717, 1.165) is 30.5 Å². The zero-order chi connectivity index (χ0) is 28.0. The van der Waals surface area contributed by atoms with E-state index in [1.807, 2.05) is 4.57 Å². The molecule has 6 rings (SSSR count). The zero-order valence-corrected chi connectivity index (χ0v) is 21.5. The molecule has 0 amide bonds. The summed E-state index contributed by atoms with van der Waals surface area (Å²) in [6.07, 6.45) is 1.85. The largest absolute Gasteiger partial charge is 0.478 e. The van der Waals surface area contributed by atoms with E-state index >= 15 is 8.78 Å². The molecule has 1 aliphatic carbocycles. The Morgan fingerprint density at radius 2 is 1.75 bits per heavy atom. The normalized spacial score (nSPS) is 13.1. The van der Waals surface area contributed by atoms with Crippen LogP contribution < -0.4 is 4.74 Å². The summed E-state index contributed by atoms with van der Waals surface area (Å²) < 4.78 is 52.4. The van der Waals surface area contributed by atoms with Crippen molar-refractivity contribution >= 4 is 17.0 Å². The van der Waals surface area contributed by atoms with Gasteiger partial charge in [0.15, 0.2) is 0 Å². The fourth-order valence-corrected chi connectivity index (χ4v) is 4.80. The van der Waals surface area contributed by atoms with Crippen molar-refractivity contribution in [3.05, 3.63) is 112 Å². The van der Waals surface area contributed by atoms with Gasteiger partial charge in [-0.25, -0.2) is 27.9 Å². The lowest BCUT2D eigenvalue weighted by molar-refractivity contribution is 0.0697. The van der Waals surface area contributed by atoms with Crippen LogP contribution in [0.1, 0.15) is 51.8 Å². The molecule has 0 unspecified atom stereocenters. The maximum absolute atomic E-state index is 15.3. The second-order valence-corrected chi connectivity index (χ2v) is 9.98. The molecule has 202 valence electrons. The number of fused-ring (bicyclic) bond motifs is 1. The molecule has 9 heteroatoms. The van der Waals surface area contributed by atoms with Crippen molar-refractivity contribution in [1.29, 1.82) is 0 Å². The molecule has 0 radical (unpaired) electrons. The quantitative estimate of drug-likeness (QED) is 0.227. The van der Waals surface area contributed by atoms with Gasteiger partial charge >= 0.3 is 5.97 Å². The maximum atomic E-state index is 15.3. The van der Waals surface area contributed by atoms with Gasteiger partial charge in [0.2, 0.25) is 5.88 Å². The van der Waals surface area contributed by atoms with E-state index in [0.29, 0.717) is 22.4 Å². The monoisotopic (exact) mass is 543 g/mol. The lowest BCUT2D eigenvalue weighted by atomic mass is 10.0. The van der Waals surface area contributed by atoms with E-state index in [4.69, 9.17) is 4.74 Å². The second kappa shape index (κ2) is 10.1. The number of aryl methyl sites for hydroxylation is 1. The van der Waals surface area contributed by atoms with Gasteiger partial charge in [0.1, 0.15) is 29.9 Å². The van der Waals surface area contributed by atoms with Gasteiger partial charge in [0.05, 0.1) is 22.3 Å². The van der Waals surface area contributed by atoms with E-state index in [2.05, 4.69) is 9.97 Å². The van der Waals surface area contributed by atoms with Crippen molar-refractivity contribution in [3.8, 4) is 17.1 Å². The molecule has 2 heterocycles. The molecule has 0 aliphatic heterocycles. The molecule has 0 atom stereocenters. The van der Waals surface area contributed by atoms with Crippen LogP contribution in [0, 0.1) is 24.4 Å². The predicted molar refractivity (Wildman–Crippen MR) is 143 cm³/mol. The molecule has 6 nitrogen and oxygen atoms in total. The number of benzene rings is 3. The highest BCUT2D eigenvalue weighted by Gasteiger charge is 2.29. The Balaban J connectivity index is 1.27. The molecule has 0 spiro atoms. The minimum atomic E-state index is -1.04. The van der Waals surface area contributed by atoms with E-state index in [9.17, 15) is 14.3 Å². The molecule has 0 bridgehead atoms. The molecule has 1 aliphatic rings. The summed E-state index contributed by atoms with van der Waals surface area (Å²) >= 11 is 0. The minimum absolute atomic E-state index is 0.0324. The molecule has 5 aromatic rings. The van der Waals surface area contributed by atoms with Crippen molar-refractivity contribution in [3.63, 3.8) is 0 Å². The van der Waals surface area contributed by atoms with Gasteiger partial charge in [-0.05, 0) is 73.4 Å². The Bertz CT molecular complexity index is 1780. The Morgan fingerprint density at radius 1 is 0.950 bits per heavy atom. The summed E-state index contributed by atoms with van der Waals surface area (Å²) in [7, 11) is 0. The molecular weight excluding hydrogens is 519 g/mol. The van der Waals surface area contributed by atoms with E-state index < -0.39 is 23.4 Å². The van der Waals surface area contributed by atoms with Crippen LogP contribution in [0.15, 0.2) is 66.7 Å². The smallest absolute Gasteiger partial charge is 0.335 e. The van der Waals surface area contributed by atoms with Crippen LogP contribution in [0.4, 0.5) is 13.2 Å². The minimum Gasteiger partial charge on any atom is -0.478 e. The van der Waals surface area contributed by atoms with Crippen molar-refractivity contribution < 1.29 is 27.8 Å². The molecule has 1 saturated carbocycles. The lowest BCUT2D eigenvalue weighted by Crippen LogP contribution is -2.05. The summed E-state index contributed by atoms with van der Waals surface area (Å²) in [5, 5.41) is 9.39. The number of carbonyl (C=O) groups is 1. The van der Waals surface area contributed by atoms with Crippen LogP contribution in [0.3, 0.4) is 0 Å². The van der Waals surface area contributed by atoms with Crippen molar-refractivity contribution in [2.45, 2.75) is 38.8 Å². The lowest BCUT2D eigenvalue weighted by Gasteiger charge is -2.12. The first-order chi connectivity index (χ1) is 19.3. The number of nitrogens with zero attached hydrogens (tertiary/aromatic N) is 3. The number of rotatable bonds is 8. The first-order valence-electron chi connectivity index (χ1n) is 12.8. The number of hydrogen-bond acceptors (Lipinski definition) is 4. The standard InChI is InChI=1S/C31H24F3N3O3/c1-17-5-6-19(23(32)11-17)16-40-30-4-2-3-26(36-30)22-15-24(33)20(12-25(22)34)14-29-35-27-10-7-18(31(38)39)13-28(27)37(29)21-8-9-21/h2-7,10-13,15,21H,8-9,14,16H2,1H3,(H,38,39). The number of hydrogen-bond donors (Lipinski definition) is 1. The van der Waals surface area contributed by atoms with Gasteiger partial charge in [-0.2, -0.15) is 0 Å². The fraction of sp³-hybridized carbons (Fsp3) is 0.194. The molecular formula is C31H24F3N3O3. The summed E-state index contributed by atoms with van der Waals surface area (Å²) in [5.74, 6) is -2.01. The van der Waals surface area contributed by atoms with Gasteiger partial charge < -0.3 is 14.4 Å². The third kappa shape index (κ3) is 5.02. The summed E-state index contributed by atoms with van der Waals surface area (Å²) in [6.45, 7) is 1.73. The summed E-state index contributed by atoms with van der Waals surface area (Å²) in [4.78, 5) is 20.4. The van der Waals surface area contributed by atoms with E-state index in [-0.39, 0.29) is 47.3 Å². The van der Waals surface area contributed by atoms with E-state index in [1.54, 1.807) is 49.4 Å². The number of carboxylic acids is 1. The average molecular weight is 544 g/mol. The predicted octanol–water partition coefficient (Wildman–Crippen LogP) is 7.03. The van der Waals surface area contributed by atoms with Crippen molar-refractivity contribution in [1.82, 2.24) is 14.5 Å². The zero-order valence-electron chi connectivity index (χ0n) is 21.5. The average Bonchev–Trinajstić information content (AvgIpc) is 3.70. The SMILES string of the molecule is Cc1ccc(COc2cccc(-c3cc(F)c(Cc4nc5ccc(C(=O)O)cc5n4C4CC4)cc3F)n2)c(F)c1. The topological polar surface area (TPSA) is 77.2 Å². The fourth-order valence-electron chi connectivity index (χ4n) is 4.80.